The van der Waals surface area contributed by atoms with E-state index in [1.807, 2.05) is 48.2 Å². The van der Waals surface area contributed by atoms with Crippen LogP contribution < -0.4 is 0 Å². The van der Waals surface area contributed by atoms with Crippen molar-refractivity contribution in [2.45, 2.75) is 19.6 Å². The molecule has 0 bridgehead atoms. The minimum absolute atomic E-state index is 0.0279. The second kappa shape index (κ2) is 11.1. The number of ether oxygens (including phenoxy) is 1. The fourth-order valence-electron chi connectivity index (χ4n) is 4.03. The smallest absolute Gasteiger partial charge is 0.253 e. The highest BCUT2D eigenvalue weighted by Gasteiger charge is 2.25. The molecular weight excluding hydrogens is 458 g/mol. The zero-order chi connectivity index (χ0) is 24.1. The molecule has 1 saturated heterocycles. The lowest BCUT2D eigenvalue weighted by atomic mass is 10.1. The van der Waals surface area contributed by atoms with Gasteiger partial charge in [0.15, 0.2) is 0 Å². The Hall–Kier alpha value is -2.80. The number of rotatable bonds is 7. The normalized spacial score (nSPS) is 15.4. The Labute approximate surface area is 203 Å². The number of aryl methyl sites for hydroxylation is 1. The molecule has 0 radical (unpaired) electrons. The van der Waals surface area contributed by atoms with E-state index in [4.69, 9.17) is 16.3 Å². The topological polar surface area (TPSA) is 32.8 Å². The van der Waals surface area contributed by atoms with E-state index in [0.29, 0.717) is 43.3 Å². The molecule has 1 fully saturated rings. The van der Waals surface area contributed by atoms with Gasteiger partial charge in [-0.3, -0.25) is 9.69 Å². The second-order valence-electron chi connectivity index (χ2n) is 8.51. The Morgan fingerprint density at radius 1 is 0.941 bits per heavy atom. The molecule has 3 aromatic rings. The second-order valence-corrected chi connectivity index (χ2v) is 8.95. The van der Waals surface area contributed by atoms with Gasteiger partial charge in [-0.05, 0) is 48.9 Å². The lowest BCUT2D eigenvalue weighted by Crippen LogP contribution is -2.49. The van der Waals surface area contributed by atoms with Crippen LogP contribution in [0.25, 0.3) is 0 Å². The Morgan fingerprint density at radius 2 is 1.56 bits per heavy atom. The largest absolute Gasteiger partial charge is 0.367 e. The van der Waals surface area contributed by atoms with Gasteiger partial charge >= 0.3 is 0 Å². The molecule has 1 aliphatic heterocycles. The van der Waals surface area contributed by atoms with Crippen LogP contribution in [0.5, 0.6) is 0 Å². The van der Waals surface area contributed by atoms with Crippen LogP contribution in [-0.4, -0.2) is 48.4 Å². The van der Waals surface area contributed by atoms with Crippen LogP contribution in [0.2, 0.25) is 5.02 Å². The number of halogens is 3. The summed E-state index contributed by atoms with van der Waals surface area (Å²) in [6.07, 6.45) is -0.407. The molecule has 0 aromatic heterocycles. The van der Waals surface area contributed by atoms with Gasteiger partial charge < -0.3 is 9.64 Å². The first-order chi connectivity index (χ1) is 16.4. The van der Waals surface area contributed by atoms with Gasteiger partial charge in [0.2, 0.25) is 0 Å². The summed E-state index contributed by atoms with van der Waals surface area (Å²) in [5.74, 6) is -1.23. The van der Waals surface area contributed by atoms with Gasteiger partial charge in [0.1, 0.15) is 11.6 Å². The Morgan fingerprint density at radius 3 is 2.18 bits per heavy atom. The molecule has 1 heterocycles. The van der Waals surface area contributed by atoms with Crippen LogP contribution in [0, 0.1) is 18.6 Å². The van der Waals surface area contributed by atoms with E-state index >= 15 is 0 Å². The van der Waals surface area contributed by atoms with Gasteiger partial charge in [-0.2, -0.15) is 0 Å². The van der Waals surface area contributed by atoms with E-state index < -0.39 is 17.7 Å². The Bertz CT molecular complexity index is 1090. The SMILES string of the molecule is Cc1ccc(C(=O)N2CCN(C[C@@H](OCc3c(F)cccc3F)c3ccc(Cl)cc3)CC2)cc1. The first-order valence-electron chi connectivity index (χ1n) is 11.3. The molecule has 0 saturated carbocycles. The maximum Gasteiger partial charge on any atom is 0.253 e. The number of carbonyl (C=O) groups excluding carboxylic acids is 1. The third-order valence-electron chi connectivity index (χ3n) is 6.11. The maximum absolute atomic E-state index is 14.1. The lowest BCUT2D eigenvalue weighted by Gasteiger charge is -2.36. The van der Waals surface area contributed by atoms with E-state index in [2.05, 4.69) is 4.90 Å². The highest BCUT2D eigenvalue weighted by Crippen LogP contribution is 2.25. The zero-order valence-corrected chi connectivity index (χ0v) is 19.8. The number of benzene rings is 3. The first-order valence-corrected chi connectivity index (χ1v) is 11.7. The fraction of sp³-hybridized carbons (Fsp3) is 0.296. The van der Waals surface area contributed by atoms with Gasteiger partial charge in [-0.25, -0.2) is 8.78 Å². The molecule has 0 spiro atoms. The predicted octanol–water partition coefficient (Wildman–Crippen LogP) is 5.64. The average Bonchev–Trinajstić information content (AvgIpc) is 2.84. The van der Waals surface area contributed by atoms with E-state index in [1.54, 1.807) is 12.1 Å². The molecule has 3 aromatic carbocycles. The summed E-state index contributed by atoms with van der Waals surface area (Å²) in [5.41, 5.74) is 2.59. The van der Waals surface area contributed by atoms with Crippen LogP contribution in [0.3, 0.4) is 0 Å². The highest BCUT2D eigenvalue weighted by atomic mass is 35.5. The third-order valence-corrected chi connectivity index (χ3v) is 6.37. The molecule has 7 heteroatoms. The summed E-state index contributed by atoms with van der Waals surface area (Å²) in [5, 5.41) is 0.603. The van der Waals surface area contributed by atoms with Crippen molar-refractivity contribution in [3.05, 3.63) is 106 Å². The molecule has 4 rings (SSSR count). The van der Waals surface area contributed by atoms with Crippen LogP contribution in [0.15, 0.2) is 66.7 Å². The zero-order valence-electron chi connectivity index (χ0n) is 19.0. The average molecular weight is 485 g/mol. The molecule has 34 heavy (non-hydrogen) atoms. The maximum atomic E-state index is 14.1. The van der Waals surface area contributed by atoms with Crippen molar-refractivity contribution in [3.63, 3.8) is 0 Å². The van der Waals surface area contributed by atoms with E-state index in [-0.39, 0.29) is 18.1 Å². The van der Waals surface area contributed by atoms with Gasteiger partial charge in [-0.15, -0.1) is 0 Å². The quantitative estimate of drug-likeness (QED) is 0.435. The third kappa shape index (κ3) is 6.00. The van der Waals surface area contributed by atoms with E-state index in [0.717, 1.165) is 11.1 Å². The Balaban J connectivity index is 1.41. The van der Waals surface area contributed by atoms with Crippen molar-refractivity contribution in [1.29, 1.82) is 0 Å². The summed E-state index contributed by atoms with van der Waals surface area (Å²) in [4.78, 5) is 16.9. The summed E-state index contributed by atoms with van der Waals surface area (Å²) in [6, 6.07) is 18.7. The summed E-state index contributed by atoms with van der Waals surface area (Å²) in [6.45, 7) is 4.90. The standard InChI is InChI=1S/C27H27ClF2N2O2/c1-19-5-7-21(8-6-19)27(33)32-15-13-31(14-16-32)17-26(20-9-11-22(28)12-10-20)34-18-23-24(29)3-2-4-25(23)30/h2-12,26H,13-18H2,1H3/t26-/m1/s1. The Kier molecular flexibility index (Phi) is 7.93. The van der Waals surface area contributed by atoms with Gasteiger partial charge in [0, 0.05) is 48.9 Å². The molecule has 0 N–H and O–H groups in total. The number of carbonyl (C=O) groups is 1. The number of amides is 1. The summed E-state index contributed by atoms with van der Waals surface area (Å²) < 4.78 is 34.2. The van der Waals surface area contributed by atoms with E-state index in [1.165, 1.54) is 18.2 Å². The number of hydrogen-bond donors (Lipinski definition) is 0. The first kappa shape index (κ1) is 24.3. The number of hydrogen-bond acceptors (Lipinski definition) is 3. The fourth-order valence-corrected chi connectivity index (χ4v) is 4.16. The van der Waals surface area contributed by atoms with Gasteiger partial charge in [0.05, 0.1) is 12.7 Å². The summed E-state index contributed by atoms with van der Waals surface area (Å²) in [7, 11) is 0. The van der Waals surface area contributed by atoms with Crippen molar-refractivity contribution in [3.8, 4) is 0 Å². The van der Waals surface area contributed by atoms with Crippen molar-refractivity contribution in [2.24, 2.45) is 0 Å². The van der Waals surface area contributed by atoms with Gasteiger partial charge in [0.25, 0.3) is 5.91 Å². The molecule has 0 aliphatic carbocycles. The summed E-state index contributed by atoms with van der Waals surface area (Å²) >= 11 is 6.04. The minimum Gasteiger partial charge on any atom is -0.367 e. The molecule has 1 aliphatic rings. The van der Waals surface area contributed by atoms with Crippen LogP contribution in [0.4, 0.5) is 8.78 Å². The monoisotopic (exact) mass is 484 g/mol. The molecular formula is C27H27ClF2N2O2. The van der Waals surface area contributed by atoms with Gasteiger partial charge in [-0.1, -0.05) is 47.5 Å². The molecule has 1 atom stereocenters. The molecule has 178 valence electrons. The predicted molar refractivity (Wildman–Crippen MR) is 129 cm³/mol. The van der Waals surface area contributed by atoms with Crippen molar-refractivity contribution in [2.75, 3.05) is 32.7 Å². The van der Waals surface area contributed by atoms with E-state index in [9.17, 15) is 13.6 Å². The molecule has 1 amide bonds. The number of nitrogens with zero attached hydrogens (tertiary/aromatic N) is 2. The van der Waals surface area contributed by atoms with Crippen LogP contribution in [-0.2, 0) is 11.3 Å². The molecule has 0 unspecified atom stereocenters. The minimum atomic E-state index is -0.627. The van der Waals surface area contributed by atoms with Crippen molar-refractivity contribution < 1.29 is 18.3 Å². The van der Waals surface area contributed by atoms with Crippen molar-refractivity contribution in [1.82, 2.24) is 9.80 Å². The van der Waals surface area contributed by atoms with Crippen LogP contribution >= 0.6 is 11.6 Å². The van der Waals surface area contributed by atoms with Crippen molar-refractivity contribution >= 4 is 17.5 Å². The lowest BCUT2D eigenvalue weighted by molar-refractivity contribution is 0.00145. The number of piperazine rings is 1. The van der Waals surface area contributed by atoms with Crippen LogP contribution in [0.1, 0.15) is 33.2 Å². The molecule has 4 nitrogen and oxygen atoms in total. The highest BCUT2D eigenvalue weighted by molar-refractivity contribution is 6.30.